The van der Waals surface area contributed by atoms with E-state index < -0.39 is 0 Å². The van der Waals surface area contributed by atoms with Gasteiger partial charge in [-0.15, -0.1) is 24.0 Å². The van der Waals surface area contributed by atoms with Crippen molar-refractivity contribution in [3.8, 4) is 5.75 Å². The number of benzene rings is 1. The Morgan fingerprint density at radius 2 is 2.29 bits per heavy atom. The second-order valence-electron chi connectivity index (χ2n) is 5.87. The van der Waals surface area contributed by atoms with Crippen LogP contribution >= 0.6 is 24.0 Å². The van der Waals surface area contributed by atoms with Gasteiger partial charge >= 0.3 is 0 Å². The van der Waals surface area contributed by atoms with Gasteiger partial charge in [0.1, 0.15) is 17.7 Å². The molecule has 136 valence electrons. The van der Waals surface area contributed by atoms with E-state index in [0.717, 1.165) is 32.1 Å². The van der Waals surface area contributed by atoms with Crippen molar-refractivity contribution in [2.45, 2.75) is 19.4 Å². The van der Waals surface area contributed by atoms with E-state index in [1.54, 1.807) is 26.3 Å². The second-order valence-corrected chi connectivity index (χ2v) is 5.87. The quantitative estimate of drug-likeness (QED) is 0.411. The van der Waals surface area contributed by atoms with Crippen LogP contribution in [-0.2, 0) is 4.74 Å². The van der Waals surface area contributed by atoms with E-state index in [1.807, 2.05) is 6.92 Å². The summed E-state index contributed by atoms with van der Waals surface area (Å²) in [5.41, 5.74) is 0. The minimum absolute atomic E-state index is 0. The molecule has 2 rings (SSSR count). The average Bonchev–Trinajstić information content (AvgIpc) is 2.97. The number of halogens is 2. The van der Waals surface area contributed by atoms with Crippen LogP contribution in [0.15, 0.2) is 29.3 Å². The van der Waals surface area contributed by atoms with Crippen molar-refractivity contribution in [2.24, 2.45) is 10.9 Å². The maximum Gasteiger partial charge on any atom is 0.193 e. The molecule has 0 aliphatic carbocycles. The third-order valence-electron chi connectivity index (χ3n) is 3.88. The monoisotopic (exact) mass is 451 g/mol. The molecule has 1 N–H and O–H groups in total. The fraction of sp³-hybridized carbons (Fsp3) is 0.588. The molecule has 2 atom stereocenters. The Labute approximate surface area is 160 Å². The molecule has 0 radical (unpaired) electrons. The van der Waals surface area contributed by atoms with Crippen molar-refractivity contribution < 1.29 is 13.9 Å². The van der Waals surface area contributed by atoms with E-state index in [1.165, 1.54) is 12.1 Å². The highest BCUT2D eigenvalue weighted by molar-refractivity contribution is 14.0. The van der Waals surface area contributed by atoms with Gasteiger partial charge in [-0.3, -0.25) is 4.99 Å². The van der Waals surface area contributed by atoms with Crippen molar-refractivity contribution >= 4 is 29.9 Å². The summed E-state index contributed by atoms with van der Waals surface area (Å²) in [6.07, 6.45) is 1.02. The highest BCUT2D eigenvalue weighted by Crippen LogP contribution is 2.16. The molecule has 1 aromatic carbocycles. The lowest BCUT2D eigenvalue weighted by Crippen LogP contribution is -2.43. The largest absolute Gasteiger partial charge is 0.489 e. The van der Waals surface area contributed by atoms with Crippen LogP contribution in [0.4, 0.5) is 4.39 Å². The maximum atomic E-state index is 13.2. The normalized spacial score (nSPS) is 18.9. The van der Waals surface area contributed by atoms with Gasteiger partial charge in [0.15, 0.2) is 5.96 Å². The molecule has 7 heteroatoms. The molecule has 0 aromatic heterocycles. The fourth-order valence-electron chi connectivity index (χ4n) is 2.78. The zero-order chi connectivity index (χ0) is 16.7. The van der Waals surface area contributed by atoms with E-state index in [0.29, 0.717) is 18.2 Å². The summed E-state index contributed by atoms with van der Waals surface area (Å²) in [5, 5.41) is 3.33. The Morgan fingerprint density at radius 1 is 1.50 bits per heavy atom. The maximum absolute atomic E-state index is 13.2. The van der Waals surface area contributed by atoms with Gasteiger partial charge in [0, 0.05) is 39.2 Å². The van der Waals surface area contributed by atoms with Gasteiger partial charge in [-0.05, 0) is 25.5 Å². The average molecular weight is 451 g/mol. The first-order chi connectivity index (χ1) is 11.1. The van der Waals surface area contributed by atoms with Crippen LogP contribution in [0.1, 0.15) is 13.3 Å². The van der Waals surface area contributed by atoms with Gasteiger partial charge < -0.3 is 19.7 Å². The summed E-state index contributed by atoms with van der Waals surface area (Å²) < 4.78 is 24.1. The molecule has 24 heavy (non-hydrogen) atoms. The SMILES string of the molecule is CN=C(NCC(C)Oc1cccc(F)c1)N1CCC(COC)C1.I. The Hall–Kier alpha value is -1.09. The van der Waals surface area contributed by atoms with Gasteiger partial charge in [-0.1, -0.05) is 6.07 Å². The van der Waals surface area contributed by atoms with Crippen molar-refractivity contribution in [1.29, 1.82) is 0 Å². The first kappa shape index (κ1) is 21.0. The van der Waals surface area contributed by atoms with Crippen molar-refractivity contribution in [3.63, 3.8) is 0 Å². The molecule has 1 heterocycles. The Bertz CT molecular complexity index is 530. The molecule has 1 aliphatic rings. The zero-order valence-electron chi connectivity index (χ0n) is 14.5. The van der Waals surface area contributed by atoms with E-state index in [2.05, 4.69) is 15.2 Å². The van der Waals surface area contributed by atoms with Gasteiger partial charge in [0.2, 0.25) is 0 Å². The molecule has 0 amide bonds. The van der Waals surface area contributed by atoms with Crippen LogP contribution in [0.3, 0.4) is 0 Å². The molecule has 1 aliphatic heterocycles. The van der Waals surface area contributed by atoms with Gasteiger partial charge in [-0.2, -0.15) is 0 Å². The number of hydrogen-bond donors (Lipinski definition) is 1. The Morgan fingerprint density at radius 3 is 2.96 bits per heavy atom. The predicted molar refractivity (Wildman–Crippen MR) is 105 cm³/mol. The second kappa shape index (κ2) is 10.7. The van der Waals surface area contributed by atoms with Crippen LogP contribution in [0, 0.1) is 11.7 Å². The molecule has 0 bridgehead atoms. The van der Waals surface area contributed by atoms with Crippen molar-refractivity contribution in [1.82, 2.24) is 10.2 Å². The summed E-state index contributed by atoms with van der Waals surface area (Å²) in [6.45, 7) is 5.27. The number of guanidine groups is 1. The number of hydrogen-bond acceptors (Lipinski definition) is 3. The molecule has 1 saturated heterocycles. The molecule has 0 saturated carbocycles. The topological polar surface area (TPSA) is 46.1 Å². The number of likely N-dealkylation sites (tertiary alicyclic amines) is 1. The lowest BCUT2D eigenvalue weighted by molar-refractivity contribution is 0.157. The summed E-state index contributed by atoms with van der Waals surface area (Å²) in [5.74, 6) is 1.67. The van der Waals surface area contributed by atoms with Crippen molar-refractivity contribution in [2.75, 3.05) is 40.4 Å². The van der Waals surface area contributed by atoms with Gasteiger partial charge in [-0.25, -0.2) is 4.39 Å². The van der Waals surface area contributed by atoms with Crippen LogP contribution in [0.2, 0.25) is 0 Å². The number of methoxy groups -OCH3 is 1. The zero-order valence-corrected chi connectivity index (χ0v) is 16.8. The molecular weight excluding hydrogens is 424 g/mol. The van der Waals surface area contributed by atoms with Crippen molar-refractivity contribution in [3.05, 3.63) is 30.1 Å². The van der Waals surface area contributed by atoms with Crippen LogP contribution in [0.25, 0.3) is 0 Å². The summed E-state index contributed by atoms with van der Waals surface area (Å²) in [4.78, 5) is 6.57. The lowest BCUT2D eigenvalue weighted by Gasteiger charge is -2.23. The van der Waals surface area contributed by atoms with E-state index in [4.69, 9.17) is 9.47 Å². The number of rotatable bonds is 6. The third-order valence-corrected chi connectivity index (χ3v) is 3.88. The standard InChI is InChI=1S/C17H26FN3O2.HI/c1-13(23-16-6-4-5-15(18)9-16)10-20-17(19-2)21-8-7-14(11-21)12-22-3;/h4-6,9,13-14H,7-8,10-12H2,1-3H3,(H,19,20);1H. The van der Waals surface area contributed by atoms with Crippen LogP contribution in [-0.4, -0.2) is 57.4 Å². The predicted octanol–water partition coefficient (Wildman–Crippen LogP) is 2.75. The van der Waals surface area contributed by atoms with Crippen LogP contribution in [0.5, 0.6) is 5.75 Å². The summed E-state index contributed by atoms with van der Waals surface area (Å²) >= 11 is 0. The number of nitrogens with zero attached hydrogens (tertiary/aromatic N) is 2. The molecule has 1 aromatic rings. The van der Waals surface area contributed by atoms with E-state index >= 15 is 0 Å². The summed E-state index contributed by atoms with van der Waals surface area (Å²) in [6, 6.07) is 6.19. The minimum Gasteiger partial charge on any atom is -0.489 e. The highest BCUT2D eigenvalue weighted by atomic mass is 127. The number of aliphatic imine (C=N–C) groups is 1. The minimum atomic E-state index is -0.292. The third kappa shape index (κ3) is 6.43. The first-order valence-electron chi connectivity index (χ1n) is 7.99. The lowest BCUT2D eigenvalue weighted by atomic mass is 10.1. The number of nitrogens with one attached hydrogen (secondary N) is 1. The Balaban J connectivity index is 0.00000288. The highest BCUT2D eigenvalue weighted by Gasteiger charge is 2.24. The van der Waals surface area contributed by atoms with Crippen LogP contribution < -0.4 is 10.1 Å². The smallest absolute Gasteiger partial charge is 0.193 e. The summed E-state index contributed by atoms with van der Waals surface area (Å²) in [7, 11) is 3.52. The molecule has 1 fully saturated rings. The Kier molecular flexibility index (Phi) is 9.35. The van der Waals surface area contributed by atoms with Gasteiger partial charge in [0.25, 0.3) is 0 Å². The van der Waals surface area contributed by atoms with E-state index in [-0.39, 0.29) is 35.9 Å². The number of ether oxygens (including phenoxy) is 2. The molecule has 0 spiro atoms. The fourth-order valence-corrected chi connectivity index (χ4v) is 2.78. The molecular formula is C17H27FIN3O2. The molecule has 2 unspecified atom stereocenters. The first-order valence-corrected chi connectivity index (χ1v) is 7.99. The van der Waals surface area contributed by atoms with Gasteiger partial charge in [0.05, 0.1) is 13.2 Å². The molecule has 5 nitrogen and oxygen atoms in total. The van der Waals surface area contributed by atoms with E-state index in [9.17, 15) is 4.39 Å².